The van der Waals surface area contributed by atoms with Gasteiger partial charge in [-0.05, 0) is 56.9 Å². The van der Waals surface area contributed by atoms with Gasteiger partial charge in [-0.1, -0.05) is 0 Å². The van der Waals surface area contributed by atoms with Crippen LogP contribution >= 0.6 is 0 Å². The number of nitrogens with one attached hydrogen (secondary N) is 1. The van der Waals surface area contributed by atoms with Crippen molar-refractivity contribution in [1.29, 1.82) is 0 Å². The molecule has 0 saturated carbocycles. The molecular weight excluding hydrogens is 278 g/mol. The Morgan fingerprint density at radius 2 is 2.00 bits per heavy atom. The maximum Gasteiger partial charge on any atom is 0.240 e. The van der Waals surface area contributed by atoms with Crippen LogP contribution in [0.4, 0.5) is 0 Å². The Kier molecular flexibility index (Phi) is 6.98. The summed E-state index contributed by atoms with van der Waals surface area (Å²) in [4.78, 5) is 0.251. The van der Waals surface area contributed by atoms with Crippen molar-refractivity contribution in [3.63, 3.8) is 0 Å². The van der Waals surface area contributed by atoms with Crippen LogP contribution in [0.1, 0.15) is 31.7 Å². The number of benzene rings is 1. The first-order chi connectivity index (χ1) is 9.51. The third-order valence-electron chi connectivity index (χ3n) is 2.88. The second-order valence-corrected chi connectivity index (χ2v) is 6.31. The molecule has 0 aliphatic heterocycles. The van der Waals surface area contributed by atoms with Gasteiger partial charge in [-0.15, -0.1) is 0 Å². The Morgan fingerprint density at radius 3 is 2.60 bits per heavy atom. The molecule has 1 aromatic carbocycles. The van der Waals surface area contributed by atoms with E-state index < -0.39 is 10.0 Å². The lowest BCUT2D eigenvalue weighted by atomic mass is 10.2. The summed E-state index contributed by atoms with van der Waals surface area (Å²) in [6, 6.07) is 4.84. The molecule has 1 rings (SSSR count). The fourth-order valence-electron chi connectivity index (χ4n) is 1.81. The van der Waals surface area contributed by atoms with Crippen molar-refractivity contribution in [2.45, 2.75) is 38.0 Å². The van der Waals surface area contributed by atoms with Crippen LogP contribution in [0.15, 0.2) is 23.1 Å². The monoisotopic (exact) mass is 301 g/mol. The summed E-state index contributed by atoms with van der Waals surface area (Å²) in [5, 5.41) is 8.65. The van der Waals surface area contributed by atoms with Gasteiger partial charge in [0.15, 0.2) is 0 Å². The lowest BCUT2D eigenvalue weighted by molar-refractivity contribution is 0.283. The molecule has 0 radical (unpaired) electrons. The molecule has 0 unspecified atom stereocenters. The fraction of sp³-hybridized carbons (Fsp3) is 0.571. The Hall–Kier alpha value is -1.11. The average molecular weight is 301 g/mol. The fourth-order valence-corrected chi connectivity index (χ4v) is 2.97. The van der Waals surface area contributed by atoms with Crippen molar-refractivity contribution >= 4 is 10.0 Å². The van der Waals surface area contributed by atoms with E-state index in [0.717, 1.165) is 18.4 Å². The standard InChI is InChI=1S/C14H23NO4S/c1-3-19-14-8-7-13(11-12(14)2)20(17,18)15-9-5-4-6-10-16/h7-8,11,15-16H,3-6,9-10H2,1-2H3. The van der Waals surface area contributed by atoms with Crippen molar-refractivity contribution < 1.29 is 18.3 Å². The van der Waals surface area contributed by atoms with E-state index in [1.54, 1.807) is 18.2 Å². The minimum absolute atomic E-state index is 0.144. The van der Waals surface area contributed by atoms with Crippen molar-refractivity contribution in [1.82, 2.24) is 4.72 Å². The van der Waals surface area contributed by atoms with Crippen molar-refractivity contribution in [3.8, 4) is 5.75 Å². The second kappa shape index (κ2) is 8.24. The quantitative estimate of drug-likeness (QED) is 0.682. The summed E-state index contributed by atoms with van der Waals surface area (Å²) >= 11 is 0. The summed E-state index contributed by atoms with van der Waals surface area (Å²) in [6.07, 6.45) is 2.22. The van der Waals surface area contributed by atoms with Crippen LogP contribution in [0.25, 0.3) is 0 Å². The summed E-state index contributed by atoms with van der Waals surface area (Å²) in [6.45, 7) is 4.79. The number of aliphatic hydroxyl groups is 1. The number of unbranched alkanes of at least 4 members (excludes halogenated alkanes) is 2. The van der Waals surface area contributed by atoms with Crippen molar-refractivity contribution in [3.05, 3.63) is 23.8 Å². The molecule has 5 nitrogen and oxygen atoms in total. The minimum Gasteiger partial charge on any atom is -0.494 e. The molecule has 0 atom stereocenters. The van der Waals surface area contributed by atoms with Gasteiger partial charge in [0.25, 0.3) is 0 Å². The Balaban J connectivity index is 2.65. The maximum atomic E-state index is 12.1. The van der Waals surface area contributed by atoms with Crippen LogP contribution in [0.3, 0.4) is 0 Å². The molecule has 0 aliphatic rings. The van der Waals surface area contributed by atoms with Gasteiger partial charge >= 0.3 is 0 Å². The van der Waals surface area contributed by atoms with Gasteiger partial charge in [0, 0.05) is 13.2 Å². The topological polar surface area (TPSA) is 75.6 Å². The van der Waals surface area contributed by atoms with E-state index in [1.807, 2.05) is 13.8 Å². The summed E-state index contributed by atoms with van der Waals surface area (Å²) in [7, 11) is -3.47. The average Bonchev–Trinajstić information content (AvgIpc) is 2.41. The molecule has 20 heavy (non-hydrogen) atoms. The Morgan fingerprint density at radius 1 is 1.25 bits per heavy atom. The molecule has 0 bridgehead atoms. The van der Waals surface area contributed by atoms with Crippen molar-refractivity contribution in [2.24, 2.45) is 0 Å². The molecule has 0 amide bonds. The van der Waals surface area contributed by atoms with Crippen LogP contribution in [0.2, 0.25) is 0 Å². The zero-order valence-electron chi connectivity index (χ0n) is 12.1. The van der Waals surface area contributed by atoms with Crippen LogP contribution in [-0.2, 0) is 10.0 Å². The molecule has 0 fully saturated rings. The number of hydrogen-bond acceptors (Lipinski definition) is 4. The van der Waals surface area contributed by atoms with Gasteiger partial charge in [0.2, 0.25) is 10.0 Å². The zero-order valence-corrected chi connectivity index (χ0v) is 12.9. The zero-order chi connectivity index (χ0) is 15.0. The van der Waals surface area contributed by atoms with Crippen LogP contribution in [0.5, 0.6) is 5.75 Å². The van der Waals surface area contributed by atoms with E-state index >= 15 is 0 Å². The minimum atomic E-state index is -3.47. The third-order valence-corrected chi connectivity index (χ3v) is 4.34. The predicted molar refractivity (Wildman–Crippen MR) is 78.5 cm³/mol. The first-order valence-corrected chi connectivity index (χ1v) is 8.33. The first-order valence-electron chi connectivity index (χ1n) is 6.85. The summed E-state index contributed by atoms with van der Waals surface area (Å²) in [5.41, 5.74) is 0.801. The molecule has 2 N–H and O–H groups in total. The first kappa shape index (κ1) is 16.9. The number of aliphatic hydroxyl groups excluding tert-OH is 1. The largest absolute Gasteiger partial charge is 0.494 e. The van der Waals surface area contributed by atoms with E-state index in [0.29, 0.717) is 25.3 Å². The molecule has 1 aromatic rings. The molecule has 0 saturated heterocycles. The molecule has 6 heteroatoms. The highest BCUT2D eigenvalue weighted by Gasteiger charge is 2.14. The second-order valence-electron chi connectivity index (χ2n) is 4.54. The molecular formula is C14H23NO4S. The van der Waals surface area contributed by atoms with Gasteiger partial charge in [-0.2, -0.15) is 0 Å². The van der Waals surface area contributed by atoms with Crippen LogP contribution in [-0.4, -0.2) is 33.3 Å². The number of rotatable bonds is 9. The lowest BCUT2D eigenvalue weighted by Crippen LogP contribution is -2.24. The summed E-state index contributed by atoms with van der Waals surface area (Å²) < 4.78 is 32.1. The molecule has 0 heterocycles. The third kappa shape index (κ3) is 5.11. The predicted octanol–water partition coefficient (Wildman–Crippen LogP) is 1.83. The highest BCUT2D eigenvalue weighted by molar-refractivity contribution is 7.89. The normalized spacial score (nSPS) is 11.6. The van der Waals surface area contributed by atoms with Gasteiger partial charge in [0.1, 0.15) is 5.75 Å². The Labute approximate surface area is 121 Å². The summed E-state index contributed by atoms with van der Waals surface area (Å²) in [5.74, 6) is 0.703. The Bertz CT molecular complexity index is 514. The molecule has 0 spiro atoms. The maximum absolute atomic E-state index is 12.1. The number of aryl methyl sites for hydroxylation is 1. The van der Waals surface area contributed by atoms with E-state index in [1.165, 1.54) is 0 Å². The lowest BCUT2D eigenvalue weighted by Gasteiger charge is -2.10. The van der Waals surface area contributed by atoms with E-state index in [9.17, 15) is 8.42 Å². The highest BCUT2D eigenvalue weighted by Crippen LogP contribution is 2.21. The van der Waals surface area contributed by atoms with Gasteiger partial charge in [0.05, 0.1) is 11.5 Å². The van der Waals surface area contributed by atoms with Crippen LogP contribution in [0, 0.1) is 6.92 Å². The van der Waals surface area contributed by atoms with Crippen molar-refractivity contribution in [2.75, 3.05) is 19.8 Å². The van der Waals surface area contributed by atoms with Crippen LogP contribution < -0.4 is 9.46 Å². The number of sulfonamides is 1. The molecule has 0 aromatic heterocycles. The van der Waals surface area contributed by atoms with Gasteiger partial charge in [-0.3, -0.25) is 0 Å². The molecule has 114 valence electrons. The van der Waals surface area contributed by atoms with E-state index in [2.05, 4.69) is 4.72 Å². The highest BCUT2D eigenvalue weighted by atomic mass is 32.2. The van der Waals surface area contributed by atoms with E-state index in [-0.39, 0.29) is 11.5 Å². The SMILES string of the molecule is CCOc1ccc(S(=O)(=O)NCCCCCO)cc1C. The smallest absolute Gasteiger partial charge is 0.240 e. The van der Waals surface area contributed by atoms with Gasteiger partial charge in [-0.25, -0.2) is 13.1 Å². The molecule has 0 aliphatic carbocycles. The number of ether oxygens (including phenoxy) is 1. The van der Waals surface area contributed by atoms with Gasteiger partial charge < -0.3 is 9.84 Å². The number of hydrogen-bond donors (Lipinski definition) is 2. The van der Waals surface area contributed by atoms with E-state index in [4.69, 9.17) is 9.84 Å².